The summed E-state index contributed by atoms with van der Waals surface area (Å²) in [4.78, 5) is 43.0. The Labute approximate surface area is 148 Å². The zero-order chi connectivity index (χ0) is 18.3. The number of piperazine rings is 1. The molecule has 1 aliphatic rings. The largest absolute Gasteiger partial charge is 0.419 e. The number of benzene rings is 1. The average Bonchev–Trinajstić information content (AvgIpc) is 3.29. The van der Waals surface area contributed by atoms with Gasteiger partial charge >= 0.3 is 5.76 Å². The third-order valence-electron chi connectivity index (χ3n) is 4.72. The van der Waals surface area contributed by atoms with Crippen LogP contribution in [0.25, 0.3) is 11.1 Å². The Kier molecular flexibility index (Phi) is 3.87. The van der Waals surface area contributed by atoms with Crippen LogP contribution in [0.2, 0.25) is 0 Å². The molecule has 1 saturated heterocycles. The van der Waals surface area contributed by atoms with E-state index in [1.165, 1.54) is 4.57 Å². The van der Waals surface area contributed by atoms with Gasteiger partial charge < -0.3 is 19.2 Å². The fourth-order valence-electron chi connectivity index (χ4n) is 3.20. The Morgan fingerprint density at radius 1 is 1.04 bits per heavy atom. The minimum atomic E-state index is -0.457. The minimum absolute atomic E-state index is 0.0606. The topological polar surface area (TPSA) is 91.6 Å². The Morgan fingerprint density at radius 3 is 2.38 bits per heavy atom. The average molecular weight is 354 g/mol. The molecule has 1 aromatic carbocycles. The first-order valence-electron chi connectivity index (χ1n) is 8.36. The van der Waals surface area contributed by atoms with Gasteiger partial charge in [-0.2, -0.15) is 0 Å². The summed E-state index contributed by atoms with van der Waals surface area (Å²) < 4.78 is 6.54. The number of rotatable bonds is 2. The quantitative estimate of drug-likeness (QED) is 0.745. The van der Waals surface area contributed by atoms with Gasteiger partial charge in [-0.3, -0.25) is 14.2 Å². The minimum Gasteiger partial charge on any atom is -0.408 e. The predicted molar refractivity (Wildman–Crippen MR) is 94.1 cm³/mol. The molecular weight excluding hydrogens is 336 g/mol. The zero-order valence-corrected chi connectivity index (χ0v) is 14.3. The van der Waals surface area contributed by atoms with Crippen LogP contribution in [0.3, 0.4) is 0 Å². The molecular formula is C18H18N4O4. The lowest BCUT2D eigenvalue weighted by atomic mass is 10.1. The van der Waals surface area contributed by atoms with Crippen molar-refractivity contribution in [3.8, 4) is 0 Å². The van der Waals surface area contributed by atoms with Crippen LogP contribution in [0.1, 0.15) is 20.8 Å². The van der Waals surface area contributed by atoms with Crippen molar-refractivity contribution in [2.75, 3.05) is 26.2 Å². The molecule has 0 radical (unpaired) electrons. The molecule has 26 heavy (non-hydrogen) atoms. The first-order chi connectivity index (χ1) is 12.5. The maximum Gasteiger partial charge on any atom is 0.419 e. The molecule has 3 heterocycles. The number of aryl methyl sites for hydroxylation is 1. The van der Waals surface area contributed by atoms with E-state index in [2.05, 4.69) is 4.98 Å². The summed E-state index contributed by atoms with van der Waals surface area (Å²) in [6, 6.07) is 8.51. The zero-order valence-electron chi connectivity index (χ0n) is 14.3. The lowest BCUT2D eigenvalue weighted by Crippen LogP contribution is -2.50. The molecule has 1 aliphatic heterocycles. The number of H-pyrrole nitrogens is 1. The van der Waals surface area contributed by atoms with E-state index in [-0.39, 0.29) is 11.8 Å². The van der Waals surface area contributed by atoms with Crippen LogP contribution in [0.5, 0.6) is 0 Å². The number of amides is 2. The maximum atomic E-state index is 12.7. The fraction of sp³-hybridized carbons (Fsp3) is 0.278. The van der Waals surface area contributed by atoms with E-state index in [1.54, 1.807) is 53.4 Å². The molecule has 0 saturated carbocycles. The van der Waals surface area contributed by atoms with Crippen molar-refractivity contribution in [2.24, 2.45) is 7.05 Å². The van der Waals surface area contributed by atoms with E-state index in [4.69, 9.17) is 4.42 Å². The SMILES string of the molecule is Cn1c(=O)oc2cc(C(=O)N3CCN(C(=O)c4ccc[nH]4)CC3)ccc21. The van der Waals surface area contributed by atoms with Crippen LogP contribution in [0, 0.1) is 0 Å². The molecule has 3 aromatic rings. The Bertz CT molecular complexity index is 1020. The second kappa shape index (κ2) is 6.21. The summed E-state index contributed by atoms with van der Waals surface area (Å²) in [6.07, 6.45) is 1.71. The monoisotopic (exact) mass is 354 g/mol. The van der Waals surface area contributed by atoms with E-state index in [1.807, 2.05) is 0 Å². The van der Waals surface area contributed by atoms with Gasteiger partial charge in [0, 0.05) is 45.0 Å². The van der Waals surface area contributed by atoms with Crippen LogP contribution < -0.4 is 5.76 Å². The fourth-order valence-corrected chi connectivity index (χ4v) is 3.20. The molecule has 8 nitrogen and oxygen atoms in total. The van der Waals surface area contributed by atoms with Gasteiger partial charge in [0.2, 0.25) is 0 Å². The highest BCUT2D eigenvalue weighted by atomic mass is 16.4. The molecule has 0 atom stereocenters. The number of carbonyl (C=O) groups is 2. The van der Waals surface area contributed by atoms with Crippen molar-refractivity contribution in [1.82, 2.24) is 19.4 Å². The first-order valence-corrected chi connectivity index (χ1v) is 8.36. The molecule has 2 aromatic heterocycles. The van der Waals surface area contributed by atoms with Gasteiger partial charge in [0.1, 0.15) is 5.69 Å². The molecule has 4 rings (SSSR count). The third kappa shape index (κ3) is 2.69. The van der Waals surface area contributed by atoms with Gasteiger partial charge in [-0.15, -0.1) is 0 Å². The summed E-state index contributed by atoms with van der Waals surface area (Å²) in [5.41, 5.74) is 2.06. The molecule has 1 N–H and O–H groups in total. The summed E-state index contributed by atoms with van der Waals surface area (Å²) in [5, 5.41) is 0. The number of aromatic nitrogens is 2. The number of fused-ring (bicyclic) bond motifs is 1. The van der Waals surface area contributed by atoms with Crippen LogP contribution in [-0.4, -0.2) is 57.3 Å². The Hall–Kier alpha value is -3.29. The van der Waals surface area contributed by atoms with Crippen LogP contribution in [-0.2, 0) is 7.05 Å². The number of nitrogens with zero attached hydrogens (tertiary/aromatic N) is 3. The second-order valence-corrected chi connectivity index (χ2v) is 6.28. The smallest absolute Gasteiger partial charge is 0.408 e. The Balaban J connectivity index is 1.46. The van der Waals surface area contributed by atoms with Crippen molar-refractivity contribution in [2.45, 2.75) is 0 Å². The van der Waals surface area contributed by atoms with Gasteiger partial charge in [-0.1, -0.05) is 0 Å². The van der Waals surface area contributed by atoms with Crippen molar-refractivity contribution >= 4 is 22.9 Å². The van der Waals surface area contributed by atoms with Crippen LogP contribution in [0.4, 0.5) is 0 Å². The van der Waals surface area contributed by atoms with Gasteiger partial charge in [0.05, 0.1) is 5.52 Å². The molecule has 0 spiro atoms. The molecule has 0 unspecified atom stereocenters. The predicted octanol–water partition coefficient (Wildman–Crippen LogP) is 1.06. The summed E-state index contributed by atoms with van der Waals surface area (Å²) in [5.74, 6) is -0.652. The standard InChI is InChI=1S/C18H18N4O4/c1-20-14-5-4-12(11-15(14)26-18(20)25)16(23)21-7-9-22(10-8-21)17(24)13-3-2-6-19-13/h2-6,11,19H,7-10H2,1H3. The second-order valence-electron chi connectivity index (χ2n) is 6.28. The highest BCUT2D eigenvalue weighted by molar-refractivity contribution is 5.97. The Morgan fingerprint density at radius 2 is 1.73 bits per heavy atom. The van der Waals surface area contributed by atoms with E-state index in [9.17, 15) is 14.4 Å². The van der Waals surface area contributed by atoms with E-state index in [0.717, 1.165) is 0 Å². The summed E-state index contributed by atoms with van der Waals surface area (Å²) in [6.45, 7) is 1.88. The highest BCUT2D eigenvalue weighted by Crippen LogP contribution is 2.17. The van der Waals surface area contributed by atoms with Crippen molar-refractivity contribution in [3.05, 3.63) is 58.3 Å². The molecule has 1 fully saturated rings. The van der Waals surface area contributed by atoms with Gasteiger partial charge in [-0.05, 0) is 30.3 Å². The normalized spacial score (nSPS) is 14.8. The number of hydrogen-bond acceptors (Lipinski definition) is 4. The van der Waals surface area contributed by atoms with Gasteiger partial charge in [-0.25, -0.2) is 4.79 Å². The van der Waals surface area contributed by atoms with Gasteiger partial charge in [0.25, 0.3) is 11.8 Å². The van der Waals surface area contributed by atoms with Crippen molar-refractivity contribution < 1.29 is 14.0 Å². The van der Waals surface area contributed by atoms with E-state index >= 15 is 0 Å². The molecule has 2 amide bonds. The molecule has 0 aliphatic carbocycles. The van der Waals surface area contributed by atoms with Gasteiger partial charge in [0.15, 0.2) is 5.58 Å². The van der Waals surface area contributed by atoms with Crippen molar-refractivity contribution in [1.29, 1.82) is 0 Å². The lowest BCUT2D eigenvalue weighted by molar-refractivity contribution is 0.0533. The molecule has 8 heteroatoms. The summed E-state index contributed by atoms with van der Waals surface area (Å²) >= 11 is 0. The van der Waals surface area contributed by atoms with E-state index < -0.39 is 5.76 Å². The number of aromatic amines is 1. The number of nitrogens with one attached hydrogen (secondary N) is 1. The molecule has 134 valence electrons. The maximum absolute atomic E-state index is 12.7. The van der Waals surface area contributed by atoms with E-state index in [0.29, 0.717) is 48.5 Å². The first kappa shape index (κ1) is 16.2. The van der Waals surface area contributed by atoms with Crippen molar-refractivity contribution in [3.63, 3.8) is 0 Å². The number of hydrogen-bond donors (Lipinski definition) is 1. The highest BCUT2D eigenvalue weighted by Gasteiger charge is 2.26. The number of carbonyl (C=O) groups excluding carboxylic acids is 2. The molecule has 0 bridgehead atoms. The number of oxazole rings is 1. The van der Waals surface area contributed by atoms with Crippen LogP contribution in [0.15, 0.2) is 45.7 Å². The van der Waals surface area contributed by atoms with Crippen LogP contribution >= 0.6 is 0 Å². The summed E-state index contributed by atoms with van der Waals surface area (Å²) in [7, 11) is 1.62. The lowest BCUT2D eigenvalue weighted by Gasteiger charge is -2.34. The third-order valence-corrected chi connectivity index (χ3v) is 4.72.